The van der Waals surface area contributed by atoms with Crippen molar-refractivity contribution in [2.75, 3.05) is 17.2 Å². The highest BCUT2D eigenvalue weighted by molar-refractivity contribution is 8.01. The van der Waals surface area contributed by atoms with Crippen molar-refractivity contribution in [3.05, 3.63) is 39.9 Å². The number of carboxylic acids is 2. The van der Waals surface area contributed by atoms with E-state index in [9.17, 15) is 34.5 Å². The van der Waals surface area contributed by atoms with Gasteiger partial charge in [-0.25, -0.2) is 19.6 Å². The Kier molecular flexibility index (Phi) is 8.51. The van der Waals surface area contributed by atoms with Crippen LogP contribution in [0.1, 0.15) is 31.1 Å². The topological polar surface area (TPSA) is 248 Å². The third-order valence-electron chi connectivity index (χ3n) is 6.38. The fraction of sp³-hybridized carbons (Fsp3) is 0.375. The van der Waals surface area contributed by atoms with E-state index in [4.69, 9.17) is 10.6 Å². The molecule has 0 aromatic carbocycles. The highest BCUT2D eigenvalue weighted by atomic mass is 32.2. The summed E-state index contributed by atoms with van der Waals surface area (Å²) in [4.78, 5) is 69.0. The second-order valence-electron chi connectivity index (χ2n) is 9.96. The van der Waals surface area contributed by atoms with Gasteiger partial charge in [-0.05, 0) is 32.4 Å². The molecule has 0 spiro atoms. The summed E-state index contributed by atoms with van der Waals surface area (Å²) in [6, 6.07) is 0.656. The predicted octanol–water partition coefficient (Wildman–Crippen LogP) is 0.0785. The third-order valence-corrected chi connectivity index (χ3v) is 9.48. The summed E-state index contributed by atoms with van der Waals surface area (Å²) in [6.07, 6.45) is 0. The van der Waals surface area contributed by atoms with E-state index in [-0.39, 0.29) is 40.5 Å². The summed E-state index contributed by atoms with van der Waals surface area (Å²) in [6.45, 7) is 3.88. The van der Waals surface area contributed by atoms with Crippen molar-refractivity contribution in [3.63, 3.8) is 0 Å². The lowest BCUT2D eigenvalue weighted by Crippen LogP contribution is -2.71. The molecule has 0 saturated carbocycles. The maximum atomic E-state index is 13.3. The van der Waals surface area contributed by atoms with Crippen LogP contribution in [0, 0.1) is 6.92 Å². The number of nitrogens with two attached hydrogens (primary N) is 1. The maximum absolute atomic E-state index is 13.3. The number of nitrogens with zero attached hydrogens (tertiary/aromatic N) is 7. The van der Waals surface area contributed by atoms with E-state index < -0.39 is 46.5 Å². The summed E-state index contributed by atoms with van der Waals surface area (Å²) in [5.74, 6) is -3.23. The summed E-state index contributed by atoms with van der Waals surface area (Å²) in [5.41, 5.74) is 4.48. The van der Waals surface area contributed by atoms with Crippen molar-refractivity contribution in [3.8, 4) is 0 Å². The van der Waals surface area contributed by atoms with E-state index in [0.29, 0.717) is 22.1 Å². The van der Waals surface area contributed by atoms with E-state index in [1.54, 1.807) is 13.0 Å². The normalized spacial score (nSPS) is 18.7. The highest BCUT2D eigenvalue weighted by Gasteiger charge is 2.54. The van der Waals surface area contributed by atoms with E-state index >= 15 is 0 Å². The Morgan fingerprint density at radius 3 is 2.66 bits per heavy atom. The Bertz CT molecular complexity index is 1750. The van der Waals surface area contributed by atoms with Crippen LogP contribution in [0.3, 0.4) is 0 Å². The molecule has 2 aliphatic rings. The largest absolute Gasteiger partial charge is 0.478 e. The Morgan fingerprint density at radius 1 is 1.27 bits per heavy atom. The zero-order valence-electron chi connectivity index (χ0n) is 23.2. The lowest BCUT2D eigenvalue weighted by Gasteiger charge is -2.49. The number of anilines is 1. The molecule has 20 heteroatoms. The number of β-lactam (4-membered cyclic amide) rings is 1. The first-order chi connectivity index (χ1) is 20.8. The molecule has 2 atom stereocenters. The zero-order valence-corrected chi connectivity index (χ0v) is 25.7. The minimum absolute atomic E-state index is 0.00972. The van der Waals surface area contributed by atoms with Gasteiger partial charge in [0.15, 0.2) is 16.7 Å². The molecule has 5 rings (SSSR count). The Hall–Kier alpha value is -4.27. The van der Waals surface area contributed by atoms with Gasteiger partial charge in [-0.3, -0.25) is 14.5 Å². The van der Waals surface area contributed by atoms with Crippen LogP contribution in [-0.2, 0) is 30.6 Å². The van der Waals surface area contributed by atoms with Crippen molar-refractivity contribution in [2.45, 2.75) is 49.4 Å². The van der Waals surface area contributed by atoms with Gasteiger partial charge in [-0.15, -0.1) is 40.0 Å². The number of nitrogens with one attached hydrogen (secondary N) is 1. The maximum Gasteiger partial charge on any atom is 0.352 e. The lowest BCUT2D eigenvalue weighted by molar-refractivity contribution is -0.161. The van der Waals surface area contributed by atoms with E-state index in [1.165, 1.54) is 47.3 Å². The Morgan fingerprint density at radius 2 is 2.02 bits per heavy atom. The lowest BCUT2D eigenvalue weighted by atomic mass is 10.0. The number of rotatable bonds is 11. The molecule has 44 heavy (non-hydrogen) atoms. The smallest absolute Gasteiger partial charge is 0.352 e. The first-order valence-electron chi connectivity index (χ1n) is 12.7. The van der Waals surface area contributed by atoms with Gasteiger partial charge in [-0.2, -0.15) is 9.50 Å². The van der Waals surface area contributed by atoms with Crippen molar-refractivity contribution in [1.29, 1.82) is 0 Å². The Labute approximate surface area is 260 Å². The molecule has 1 saturated heterocycles. The minimum atomic E-state index is -1.78. The number of aliphatic hydroxyl groups excluding tert-OH is 1. The number of carbonyl (C=O) groups excluding carboxylic acids is 2. The average molecular weight is 664 g/mol. The molecular formula is C24H25N9O8S3. The molecule has 0 radical (unpaired) electrons. The number of fused-ring (bicyclic) bond motifs is 2. The quantitative estimate of drug-likeness (QED) is 0.0599. The highest BCUT2D eigenvalue weighted by Crippen LogP contribution is 2.41. The van der Waals surface area contributed by atoms with Crippen molar-refractivity contribution in [2.24, 2.45) is 5.16 Å². The zero-order chi connectivity index (χ0) is 31.9. The van der Waals surface area contributed by atoms with E-state index in [0.717, 1.165) is 16.2 Å². The average Bonchev–Trinajstić information content (AvgIpc) is 3.59. The summed E-state index contributed by atoms with van der Waals surface area (Å²) < 4.78 is 1.46. The molecule has 1 unspecified atom stereocenters. The number of nitrogen functional groups attached to an aromatic ring is 1. The van der Waals surface area contributed by atoms with Crippen LogP contribution in [0.25, 0.3) is 5.78 Å². The van der Waals surface area contributed by atoms with Crippen LogP contribution in [0.4, 0.5) is 5.13 Å². The molecule has 0 bridgehead atoms. The molecule has 5 heterocycles. The third kappa shape index (κ3) is 5.92. The van der Waals surface area contributed by atoms with Crippen LogP contribution in [-0.4, -0.2) is 103 Å². The molecule has 0 aliphatic carbocycles. The number of aliphatic hydroxyl groups is 1. The number of aryl methyl sites for hydroxylation is 1. The van der Waals surface area contributed by atoms with Gasteiger partial charge in [0.1, 0.15) is 34.4 Å². The number of thioether (sulfide) groups is 2. The fourth-order valence-corrected chi connectivity index (χ4v) is 7.21. The Balaban J connectivity index is 1.35. The number of thiazole rings is 1. The van der Waals surface area contributed by atoms with Crippen LogP contribution in [0.5, 0.6) is 0 Å². The van der Waals surface area contributed by atoms with Crippen molar-refractivity contribution in [1.82, 2.24) is 34.8 Å². The molecule has 6 N–H and O–H groups in total. The number of hydrogen-bond acceptors (Lipinski definition) is 15. The number of amides is 2. The molecule has 232 valence electrons. The molecule has 2 aliphatic heterocycles. The summed E-state index contributed by atoms with van der Waals surface area (Å²) in [7, 11) is 0. The second kappa shape index (κ2) is 12.0. The number of oxime groups is 1. The van der Waals surface area contributed by atoms with Gasteiger partial charge in [-0.1, -0.05) is 5.16 Å². The van der Waals surface area contributed by atoms with Gasteiger partial charge in [0.25, 0.3) is 17.6 Å². The molecule has 3 aromatic heterocycles. The molecule has 1 fully saturated rings. The standard InChI is InChI=1S/C24H25N9O8S3/c1-9-4-13(33-23(26-9)28-12(5-34)30-33)42-6-10-7-43-19-15(18(36)32(19)16(10)20(37)38)29-17(35)14(11-8-44-22(25)27-11)31-41-24(2,3)21(39)40/h4,8,15,19,34H,5-7H2,1-3H3,(H2,25,27)(H,29,35)(H,37,38)(H,39,40)/t15?,19-/m0/s1. The van der Waals surface area contributed by atoms with Gasteiger partial charge < -0.3 is 31.2 Å². The number of aromatic nitrogens is 5. The van der Waals surface area contributed by atoms with Crippen molar-refractivity contribution >= 4 is 75.2 Å². The molecular weight excluding hydrogens is 639 g/mol. The van der Waals surface area contributed by atoms with Gasteiger partial charge in [0.05, 0.1) is 0 Å². The van der Waals surface area contributed by atoms with E-state index in [2.05, 4.69) is 30.5 Å². The van der Waals surface area contributed by atoms with Gasteiger partial charge in [0.2, 0.25) is 5.60 Å². The van der Waals surface area contributed by atoms with Crippen LogP contribution >= 0.6 is 34.9 Å². The second-order valence-corrected chi connectivity index (χ2v) is 12.9. The molecule has 2 amide bonds. The fourth-order valence-electron chi connectivity index (χ4n) is 4.13. The summed E-state index contributed by atoms with van der Waals surface area (Å²) >= 11 is 3.56. The number of hydrogen-bond donors (Lipinski definition) is 5. The first kappa shape index (κ1) is 31.2. The number of aliphatic carboxylic acids is 2. The van der Waals surface area contributed by atoms with Gasteiger partial charge >= 0.3 is 11.9 Å². The minimum Gasteiger partial charge on any atom is -0.478 e. The number of carbonyl (C=O) groups is 4. The molecule has 17 nitrogen and oxygen atoms in total. The van der Waals surface area contributed by atoms with Gasteiger partial charge in [0, 0.05) is 22.6 Å². The van der Waals surface area contributed by atoms with Crippen LogP contribution in [0.15, 0.2) is 32.9 Å². The molecule has 3 aromatic rings. The predicted molar refractivity (Wildman–Crippen MR) is 158 cm³/mol. The first-order valence-corrected chi connectivity index (χ1v) is 15.6. The summed E-state index contributed by atoms with van der Waals surface area (Å²) in [5, 5.41) is 40.8. The van der Waals surface area contributed by atoms with E-state index in [1.807, 2.05) is 0 Å². The van der Waals surface area contributed by atoms with Crippen LogP contribution < -0.4 is 11.1 Å². The SMILES string of the molecule is Cc1cc(SCC2=C(C(=O)O)N3C(=O)C(NC(=O)C(=NOC(C)(C)C(=O)O)c4csc(N)n4)[C@@H]3SC2)n2nc(CO)nc2n1. The number of carboxylic acid groups (broad SMARTS) is 2. The van der Waals surface area contributed by atoms with Crippen molar-refractivity contribution < 1.29 is 39.3 Å². The monoisotopic (exact) mass is 663 g/mol. The van der Waals surface area contributed by atoms with Crippen LogP contribution in [0.2, 0.25) is 0 Å².